The molecule has 0 aliphatic heterocycles. The Bertz CT molecular complexity index is 376. The third-order valence-corrected chi connectivity index (χ3v) is 4.07. The maximum absolute atomic E-state index is 5.71. The van der Waals surface area contributed by atoms with Gasteiger partial charge >= 0.3 is 103 Å². The summed E-state index contributed by atoms with van der Waals surface area (Å²) in [5, 5.41) is 3.05. The third-order valence-electron chi connectivity index (χ3n) is 2.14. The van der Waals surface area contributed by atoms with Crippen LogP contribution in [0.15, 0.2) is 23.2 Å². The van der Waals surface area contributed by atoms with Crippen molar-refractivity contribution in [3.63, 3.8) is 0 Å². The Labute approximate surface area is 103 Å². The molecule has 1 radical (unpaired) electrons. The third kappa shape index (κ3) is 3.54. The Balaban J connectivity index is 2.87. The molecule has 0 fully saturated rings. The molecule has 0 unspecified atom stereocenters. The number of nitrogens with two attached hydrogens (primary N) is 2. The quantitative estimate of drug-likeness (QED) is 0.421. The number of nitrogens with zero attached hydrogens (tertiary/aromatic N) is 1. The van der Waals surface area contributed by atoms with Crippen molar-refractivity contribution < 1.29 is 0 Å². The summed E-state index contributed by atoms with van der Waals surface area (Å²) in [6.45, 7) is 3.20. The second-order valence-electron chi connectivity index (χ2n) is 3.26. The fourth-order valence-corrected chi connectivity index (χ4v) is 2.80. The zero-order chi connectivity index (χ0) is 12.0. The van der Waals surface area contributed by atoms with Crippen LogP contribution in [-0.4, -0.2) is 28.3 Å². The SMILES string of the molecule is CCN=C(N)Nc1ccc([As]C)c(CN)c1. The fourth-order valence-electron chi connectivity index (χ4n) is 1.40. The molecule has 0 atom stereocenters. The molecule has 16 heavy (non-hydrogen) atoms. The van der Waals surface area contributed by atoms with Crippen LogP contribution in [0.4, 0.5) is 5.69 Å². The summed E-state index contributed by atoms with van der Waals surface area (Å²) < 4.78 is 1.37. The summed E-state index contributed by atoms with van der Waals surface area (Å²) in [4.78, 5) is 4.08. The molecule has 4 nitrogen and oxygen atoms in total. The number of anilines is 1. The van der Waals surface area contributed by atoms with E-state index in [1.54, 1.807) is 0 Å². The van der Waals surface area contributed by atoms with Crippen LogP contribution in [0.5, 0.6) is 0 Å². The first-order valence-electron chi connectivity index (χ1n) is 5.21. The maximum atomic E-state index is 5.71. The summed E-state index contributed by atoms with van der Waals surface area (Å²) in [6.07, 6.45) is 0. The van der Waals surface area contributed by atoms with E-state index in [0.29, 0.717) is 19.0 Å². The van der Waals surface area contributed by atoms with Gasteiger partial charge in [0.05, 0.1) is 0 Å². The second-order valence-corrected chi connectivity index (χ2v) is 5.20. The zero-order valence-electron chi connectivity index (χ0n) is 9.70. The molecular formula is C11H18AsN4. The molecule has 0 aliphatic carbocycles. The Kier molecular flexibility index (Phi) is 5.36. The van der Waals surface area contributed by atoms with Crippen molar-refractivity contribution in [3.8, 4) is 0 Å². The molecule has 0 aromatic heterocycles. The van der Waals surface area contributed by atoms with Gasteiger partial charge in [0.15, 0.2) is 0 Å². The molecule has 5 N–H and O–H groups in total. The van der Waals surface area contributed by atoms with E-state index in [0.717, 1.165) is 5.69 Å². The van der Waals surface area contributed by atoms with Gasteiger partial charge in [0.1, 0.15) is 0 Å². The van der Waals surface area contributed by atoms with Crippen molar-refractivity contribution in [3.05, 3.63) is 23.8 Å². The van der Waals surface area contributed by atoms with E-state index in [4.69, 9.17) is 11.5 Å². The summed E-state index contributed by atoms with van der Waals surface area (Å²) >= 11 is 0.207. The molecule has 0 aliphatic rings. The molecule has 1 aromatic carbocycles. The van der Waals surface area contributed by atoms with Gasteiger partial charge in [-0.3, -0.25) is 0 Å². The van der Waals surface area contributed by atoms with Crippen LogP contribution in [0.25, 0.3) is 0 Å². The van der Waals surface area contributed by atoms with Crippen LogP contribution < -0.4 is 21.1 Å². The van der Waals surface area contributed by atoms with Crippen molar-refractivity contribution in [2.75, 3.05) is 11.9 Å². The molecule has 0 saturated heterocycles. The minimum atomic E-state index is 0.207. The van der Waals surface area contributed by atoms with Crippen molar-refractivity contribution in [2.24, 2.45) is 16.5 Å². The summed E-state index contributed by atoms with van der Waals surface area (Å²) in [7, 11) is 0. The average molecular weight is 281 g/mol. The predicted molar refractivity (Wildman–Crippen MR) is 71.4 cm³/mol. The van der Waals surface area contributed by atoms with Crippen LogP contribution in [0.1, 0.15) is 12.5 Å². The number of rotatable bonds is 4. The van der Waals surface area contributed by atoms with Crippen molar-refractivity contribution in [1.29, 1.82) is 0 Å². The number of guanidine groups is 1. The Hall–Kier alpha value is -0.992. The number of benzene rings is 1. The number of hydrogen-bond acceptors (Lipinski definition) is 2. The fraction of sp³-hybridized carbons (Fsp3) is 0.364. The second kappa shape index (κ2) is 6.56. The number of nitrogens with one attached hydrogen (secondary N) is 1. The monoisotopic (exact) mass is 281 g/mol. The van der Waals surface area contributed by atoms with Gasteiger partial charge in [-0.2, -0.15) is 0 Å². The Morgan fingerprint density at radius 3 is 2.81 bits per heavy atom. The molecular weight excluding hydrogens is 263 g/mol. The van der Waals surface area contributed by atoms with Gasteiger partial charge in [-0.25, -0.2) is 0 Å². The van der Waals surface area contributed by atoms with Crippen molar-refractivity contribution >= 4 is 31.8 Å². The van der Waals surface area contributed by atoms with Crippen LogP contribution in [0.3, 0.4) is 0 Å². The first kappa shape index (κ1) is 13.1. The van der Waals surface area contributed by atoms with Gasteiger partial charge in [0.2, 0.25) is 0 Å². The molecule has 0 saturated carbocycles. The van der Waals surface area contributed by atoms with E-state index < -0.39 is 0 Å². The molecule has 0 bridgehead atoms. The average Bonchev–Trinajstić information content (AvgIpc) is 2.29. The number of aliphatic imine (C=N–C) groups is 1. The van der Waals surface area contributed by atoms with E-state index in [9.17, 15) is 0 Å². The Morgan fingerprint density at radius 1 is 1.50 bits per heavy atom. The predicted octanol–water partition coefficient (Wildman–Crippen LogP) is 0.269. The van der Waals surface area contributed by atoms with Crippen LogP contribution in [0.2, 0.25) is 5.71 Å². The molecule has 0 spiro atoms. The van der Waals surface area contributed by atoms with Crippen molar-refractivity contribution in [2.45, 2.75) is 19.2 Å². The summed E-state index contributed by atoms with van der Waals surface area (Å²) in [5.74, 6) is 0.447. The van der Waals surface area contributed by atoms with Crippen LogP contribution in [-0.2, 0) is 6.54 Å². The molecule has 87 valence electrons. The molecule has 0 amide bonds. The first-order chi connectivity index (χ1) is 7.71. The van der Waals surface area contributed by atoms with Crippen LogP contribution >= 0.6 is 0 Å². The van der Waals surface area contributed by atoms with E-state index in [1.807, 2.05) is 19.1 Å². The number of hydrogen-bond donors (Lipinski definition) is 3. The van der Waals surface area contributed by atoms with Gasteiger partial charge in [-0.1, -0.05) is 0 Å². The van der Waals surface area contributed by atoms with Gasteiger partial charge < -0.3 is 0 Å². The summed E-state index contributed by atoms with van der Waals surface area (Å²) in [6, 6.07) is 6.18. The molecule has 1 aromatic rings. The van der Waals surface area contributed by atoms with Gasteiger partial charge in [-0.15, -0.1) is 0 Å². The standard InChI is InChI=1S/C11H18AsN4/c1-3-15-11(14)16-9-4-5-10(12-2)8(6-9)7-13/h4-6H,3,7,13H2,1-2H3,(H3,14,15,16). The molecule has 1 rings (SSSR count). The zero-order valence-corrected chi connectivity index (χ0v) is 11.6. The molecule has 0 heterocycles. The van der Waals surface area contributed by atoms with E-state index in [-0.39, 0.29) is 15.8 Å². The minimum absolute atomic E-state index is 0.207. The van der Waals surface area contributed by atoms with Crippen molar-refractivity contribution in [1.82, 2.24) is 0 Å². The van der Waals surface area contributed by atoms with Crippen LogP contribution in [0, 0.1) is 0 Å². The van der Waals surface area contributed by atoms with Gasteiger partial charge in [-0.05, 0) is 0 Å². The Morgan fingerprint density at radius 2 is 2.25 bits per heavy atom. The normalized spacial score (nSPS) is 12.3. The van der Waals surface area contributed by atoms with E-state index in [2.05, 4.69) is 22.1 Å². The summed E-state index contributed by atoms with van der Waals surface area (Å²) in [5.41, 5.74) is 15.8. The van der Waals surface area contributed by atoms with Gasteiger partial charge in [0.25, 0.3) is 0 Å². The van der Waals surface area contributed by atoms with E-state index >= 15 is 0 Å². The topological polar surface area (TPSA) is 76.4 Å². The molecule has 5 heteroatoms. The first-order valence-corrected chi connectivity index (χ1v) is 8.02. The van der Waals surface area contributed by atoms with E-state index in [1.165, 1.54) is 9.91 Å². The van der Waals surface area contributed by atoms with Gasteiger partial charge in [0, 0.05) is 0 Å².